The first-order valence-electron chi connectivity index (χ1n) is 9.84. The average Bonchev–Trinajstić information content (AvgIpc) is 2.70. The molecule has 2 aromatic rings. The molecule has 176 valence electrons. The zero-order valence-electron chi connectivity index (χ0n) is 18.7. The molecule has 2 aromatic carbocycles. The Hall–Kier alpha value is -1.98. The van der Waals surface area contributed by atoms with Crippen LogP contribution in [-0.4, -0.2) is 29.2 Å². The van der Waals surface area contributed by atoms with E-state index in [4.69, 9.17) is 20.9 Å². The fourth-order valence-electron chi connectivity index (χ4n) is 2.13. The third-order valence-corrected chi connectivity index (χ3v) is 11.2. The lowest BCUT2D eigenvalue weighted by atomic mass is 10.2. The molecule has 0 spiro atoms. The van der Waals surface area contributed by atoms with Crippen molar-refractivity contribution in [3.63, 3.8) is 0 Å². The number of carbonyl (C=O) groups excluding carboxylic acids is 1. The molecule has 0 fully saturated rings. The first-order chi connectivity index (χ1) is 14.7. The zero-order valence-corrected chi connectivity index (χ0v) is 21.2. The van der Waals surface area contributed by atoms with Crippen LogP contribution in [0.2, 0.25) is 23.2 Å². The van der Waals surface area contributed by atoms with Crippen molar-refractivity contribution in [1.29, 1.82) is 0 Å². The third-order valence-electron chi connectivity index (χ3n) is 5.19. The number of amides is 1. The van der Waals surface area contributed by atoms with Crippen molar-refractivity contribution >= 4 is 35.8 Å². The topological polar surface area (TPSA) is 93.7 Å². The van der Waals surface area contributed by atoms with E-state index in [1.54, 1.807) is 0 Å². The first kappa shape index (κ1) is 26.3. The maximum atomic E-state index is 13.1. The lowest BCUT2D eigenvalue weighted by molar-refractivity contribution is -0.127. The normalized spacial score (nSPS) is 12.5. The van der Waals surface area contributed by atoms with Gasteiger partial charge in [0.15, 0.2) is 0 Å². The Morgan fingerprint density at radius 2 is 1.75 bits per heavy atom. The quantitative estimate of drug-likeness (QED) is 0.392. The van der Waals surface area contributed by atoms with E-state index in [9.17, 15) is 17.6 Å². The number of hydrogen-bond donors (Lipinski definition) is 2. The second-order valence-corrected chi connectivity index (χ2v) is 15.6. The summed E-state index contributed by atoms with van der Waals surface area (Å²) in [5, 5.41) is 0.134. The Bertz CT molecular complexity index is 1060. The smallest absolute Gasteiger partial charge is 0.257 e. The van der Waals surface area contributed by atoms with Crippen molar-refractivity contribution in [3.05, 3.63) is 58.9 Å². The highest BCUT2D eigenvalue weighted by atomic mass is 35.5. The minimum Gasteiger partial charge on any atom is -0.489 e. The Balaban J connectivity index is 1.90. The molecule has 32 heavy (non-hydrogen) atoms. The fourth-order valence-corrected chi connectivity index (χ4v) is 4.01. The summed E-state index contributed by atoms with van der Waals surface area (Å²) < 4.78 is 51.4. The van der Waals surface area contributed by atoms with Gasteiger partial charge in [-0.05, 0) is 54.5 Å². The van der Waals surface area contributed by atoms with Gasteiger partial charge in [-0.25, -0.2) is 23.0 Å². The number of benzene rings is 2. The summed E-state index contributed by atoms with van der Waals surface area (Å²) >= 11 is 5.96. The standard InChI is InChI=1S/C21H28ClFN2O5SSi/c1-21(2,3)32(4,5)30-25-20(26)13-24-31(27,28)18-10-8-17(9-11-18)29-14-15-6-7-16(23)12-19(15)22/h6-12,24H,13-14H2,1-5H3,(H,25,26). The van der Waals surface area contributed by atoms with Gasteiger partial charge in [-0.2, -0.15) is 0 Å². The summed E-state index contributed by atoms with van der Waals surface area (Å²) in [6.07, 6.45) is 0. The van der Waals surface area contributed by atoms with Crippen LogP contribution < -0.4 is 14.9 Å². The minimum absolute atomic E-state index is 0.0252. The Morgan fingerprint density at radius 1 is 1.12 bits per heavy atom. The Kier molecular flexibility index (Phi) is 8.46. The second kappa shape index (κ2) is 10.3. The van der Waals surface area contributed by atoms with Gasteiger partial charge in [-0.1, -0.05) is 38.4 Å². The van der Waals surface area contributed by atoms with E-state index in [0.29, 0.717) is 11.3 Å². The molecule has 0 radical (unpaired) electrons. The number of sulfonamides is 1. The molecule has 0 saturated carbocycles. The number of rotatable bonds is 9. The van der Waals surface area contributed by atoms with Crippen LogP contribution in [-0.2, 0) is 26.0 Å². The van der Waals surface area contributed by atoms with Crippen LogP contribution in [0.4, 0.5) is 4.39 Å². The van der Waals surface area contributed by atoms with Gasteiger partial charge in [0.05, 0.1) is 16.5 Å². The van der Waals surface area contributed by atoms with Gasteiger partial charge in [0.2, 0.25) is 18.3 Å². The summed E-state index contributed by atoms with van der Waals surface area (Å²) in [5.74, 6) is -0.625. The molecule has 0 atom stereocenters. The van der Waals surface area contributed by atoms with Crippen molar-refractivity contribution in [3.8, 4) is 5.75 Å². The van der Waals surface area contributed by atoms with Crippen molar-refractivity contribution in [2.24, 2.45) is 0 Å². The van der Waals surface area contributed by atoms with Gasteiger partial charge >= 0.3 is 0 Å². The highest BCUT2D eigenvalue weighted by Gasteiger charge is 2.38. The molecular weight excluding hydrogens is 475 g/mol. The number of nitrogens with one attached hydrogen (secondary N) is 2. The van der Waals surface area contributed by atoms with Crippen molar-refractivity contribution in [2.75, 3.05) is 6.54 Å². The molecule has 0 aliphatic carbocycles. The molecule has 0 aromatic heterocycles. The molecule has 0 bridgehead atoms. The predicted octanol–water partition coefficient (Wildman–Crippen LogP) is 4.39. The summed E-state index contributed by atoms with van der Waals surface area (Å²) in [6, 6.07) is 9.65. The summed E-state index contributed by atoms with van der Waals surface area (Å²) in [6.45, 7) is 9.63. The molecule has 0 aliphatic heterocycles. The van der Waals surface area contributed by atoms with E-state index in [1.165, 1.54) is 42.5 Å². The molecule has 11 heteroatoms. The first-order valence-corrected chi connectivity index (χ1v) is 14.6. The zero-order chi connectivity index (χ0) is 24.2. The molecule has 2 N–H and O–H groups in total. The van der Waals surface area contributed by atoms with Gasteiger partial charge in [-0.3, -0.25) is 4.79 Å². The number of carbonyl (C=O) groups is 1. The molecule has 0 aliphatic rings. The lowest BCUT2D eigenvalue weighted by Crippen LogP contribution is -2.48. The Morgan fingerprint density at radius 3 is 2.31 bits per heavy atom. The van der Waals surface area contributed by atoms with Crippen LogP contribution in [0.15, 0.2) is 47.4 Å². The summed E-state index contributed by atoms with van der Waals surface area (Å²) in [4.78, 5) is 12.0. The lowest BCUT2D eigenvalue weighted by Gasteiger charge is -2.35. The minimum atomic E-state index is -3.91. The second-order valence-electron chi connectivity index (χ2n) is 8.71. The Labute approximate surface area is 194 Å². The highest BCUT2D eigenvalue weighted by molar-refractivity contribution is 7.89. The molecule has 1 amide bonds. The van der Waals surface area contributed by atoms with Crippen LogP contribution in [0.25, 0.3) is 0 Å². The SMILES string of the molecule is CC(C)(C)[Si](C)(C)ONC(=O)CNS(=O)(=O)c1ccc(OCc2ccc(F)cc2Cl)cc1. The van der Waals surface area contributed by atoms with Gasteiger partial charge in [0.1, 0.15) is 18.2 Å². The van der Waals surface area contributed by atoms with Gasteiger partial charge < -0.3 is 9.26 Å². The highest BCUT2D eigenvalue weighted by Crippen LogP contribution is 2.35. The molecule has 0 saturated heterocycles. The average molecular weight is 503 g/mol. The van der Waals surface area contributed by atoms with Crippen LogP contribution in [0.3, 0.4) is 0 Å². The maximum Gasteiger partial charge on any atom is 0.257 e. The number of hydrogen-bond acceptors (Lipinski definition) is 5. The van der Waals surface area contributed by atoms with Crippen molar-refractivity contribution < 1.29 is 26.9 Å². The molecular formula is C21H28ClFN2O5SSi. The van der Waals surface area contributed by atoms with E-state index < -0.39 is 36.6 Å². The molecule has 7 nitrogen and oxygen atoms in total. The largest absolute Gasteiger partial charge is 0.489 e. The van der Waals surface area contributed by atoms with Crippen LogP contribution in [0, 0.1) is 5.82 Å². The fraction of sp³-hybridized carbons (Fsp3) is 0.381. The molecule has 0 heterocycles. The maximum absolute atomic E-state index is 13.1. The van der Waals surface area contributed by atoms with Gasteiger partial charge in [0.25, 0.3) is 5.91 Å². The summed E-state index contributed by atoms with van der Waals surface area (Å²) in [5.41, 5.74) is 2.94. The van der Waals surface area contributed by atoms with E-state index in [0.717, 1.165) is 0 Å². The molecule has 2 rings (SSSR count). The van der Waals surface area contributed by atoms with E-state index in [-0.39, 0.29) is 21.6 Å². The van der Waals surface area contributed by atoms with E-state index in [2.05, 4.69) is 10.2 Å². The monoisotopic (exact) mass is 502 g/mol. The van der Waals surface area contributed by atoms with Crippen LogP contribution in [0.5, 0.6) is 5.75 Å². The predicted molar refractivity (Wildman–Crippen MR) is 124 cm³/mol. The number of hydroxylamine groups is 1. The number of halogens is 2. The third kappa shape index (κ3) is 7.28. The van der Waals surface area contributed by atoms with Crippen molar-refractivity contribution in [2.45, 2.75) is 50.4 Å². The van der Waals surface area contributed by atoms with Crippen molar-refractivity contribution in [1.82, 2.24) is 10.2 Å². The van der Waals surface area contributed by atoms with Crippen LogP contribution >= 0.6 is 11.6 Å². The number of ether oxygens (including phenoxy) is 1. The van der Waals surface area contributed by atoms with E-state index in [1.807, 2.05) is 33.9 Å². The summed E-state index contributed by atoms with van der Waals surface area (Å²) in [7, 11) is -6.11. The van der Waals surface area contributed by atoms with Gasteiger partial charge in [0, 0.05) is 5.56 Å². The molecule has 0 unspecified atom stereocenters. The van der Waals surface area contributed by atoms with Crippen LogP contribution in [0.1, 0.15) is 26.3 Å². The van der Waals surface area contributed by atoms with Gasteiger partial charge in [-0.15, -0.1) is 0 Å². The van der Waals surface area contributed by atoms with E-state index >= 15 is 0 Å².